The van der Waals surface area contributed by atoms with E-state index in [-0.39, 0.29) is 94.4 Å². The molecule has 16 nitrogen and oxygen atoms in total. The topological polar surface area (TPSA) is 178 Å². The van der Waals surface area contributed by atoms with Crippen molar-refractivity contribution in [3.05, 3.63) is 289 Å². The first-order chi connectivity index (χ1) is 47.2. The molecule has 0 radical (unpaired) electrons. The summed E-state index contributed by atoms with van der Waals surface area (Å²) in [5.74, 6) is -1.69. The van der Waals surface area contributed by atoms with Crippen LogP contribution >= 0.6 is 0 Å². The number of pyridine rings is 4. The van der Waals surface area contributed by atoms with Crippen LogP contribution in [0.15, 0.2) is 244 Å². The number of ether oxygens (including phenoxy) is 4. The summed E-state index contributed by atoms with van der Waals surface area (Å²) in [4.78, 5) is 72.8. The summed E-state index contributed by atoms with van der Waals surface area (Å²) in [5, 5.41) is 0. The van der Waals surface area contributed by atoms with E-state index in [4.69, 9.17) is 28.9 Å². The van der Waals surface area contributed by atoms with Crippen molar-refractivity contribution in [2.24, 2.45) is 0 Å². The minimum atomic E-state index is -0.422. The summed E-state index contributed by atoms with van der Waals surface area (Å²) in [5.41, 5.74) is 13.2. The van der Waals surface area contributed by atoms with Gasteiger partial charge in [0.25, 0.3) is 0 Å². The van der Waals surface area contributed by atoms with Crippen molar-refractivity contribution in [2.75, 3.05) is 26.4 Å². The first-order valence-electron chi connectivity index (χ1n) is 32.3. The van der Waals surface area contributed by atoms with Crippen molar-refractivity contribution >= 4 is 70.2 Å². The van der Waals surface area contributed by atoms with Gasteiger partial charge in [-0.3, -0.25) is 0 Å². The van der Waals surface area contributed by atoms with Gasteiger partial charge in [0.15, 0.2) is 75.8 Å². The van der Waals surface area contributed by atoms with Crippen molar-refractivity contribution in [2.45, 2.75) is 51.9 Å². The van der Waals surface area contributed by atoms with Crippen molar-refractivity contribution in [3.63, 3.8) is 0 Å². The average molecular weight is 1590 g/mol. The highest BCUT2D eigenvalue weighted by Crippen LogP contribution is 2.39. The first kappa shape index (κ1) is 74.1. The third-order valence-corrected chi connectivity index (χ3v) is 16.7. The standard InChI is InChI=1S/C80H69N8O8.4BrH/c89-77(93-53-13-49-85-41-5-1-6-42-85)61-25-17-57(18-26-61)73-65-33-35-67(81-65)74(58-19-27-62(28-20-58)78(90)94-54-14-50-86-43-7-2-8-44-86)69-37-39-71(83-69)76(60-23-31-64(32-24-60)80(92)96-56-16-52-88-47-11-4-12-48-88)72-40-38-70(84-72)75(68-36-34-66(73)82-68)59-21-29-63(30-22-59)79(91)95-55-15-51-87-45-9-3-10-46-87;;;;/h1-12,17-48H,13-16,49-56H2,(H-,81,82,83,84,89,90,91,92);4*1H/q+3;;;;/p-3. The van der Waals surface area contributed by atoms with Gasteiger partial charge < -0.3 is 96.8 Å². The lowest BCUT2D eigenvalue weighted by molar-refractivity contribution is -0.697. The Labute approximate surface area is 621 Å². The molecule has 8 bridgehead atoms. The molecule has 9 heterocycles. The highest BCUT2D eigenvalue weighted by Gasteiger charge is 2.22. The van der Waals surface area contributed by atoms with Crippen molar-refractivity contribution < 1.29 is 124 Å². The van der Waals surface area contributed by atoms with E-state index < -0.39 is 23.9 Å². The summed E-state index contributed by atoms with van der Waals surface area (Å²) in [6, 6.07) is 61.1. The molecule has 11 aromatic rings. The van der Waals surface area contributed by atoms with E-state index in [0.29, 0.717) is 96.9 Å². The van der Waals surface area contributed by atoms with Crippen molar-refractivity contribution in [3.8, 4) is 44.5 Å². The Morgan fingerprint density at radius 3 is 0.680 bits per heavy atom. The summed E-state index contributed by atoms with van der Waals surface area (Å²) >= 11 is 0. The van der Waals surface area contributed by atoms with Gasteiger partial charge in [0.2, 0.25) is 0 Å². The number of nitrogens with zero attached hydrogens (tertiary/aromatic N) is 6. The van der Waals surface area contributed by atoms with Crippen molar-refractivity contribution in [1.82, 2.24) is 19.9 Å². The van der Waals surface area contributed by atoms with Crippen LogP contribution in [0.2, 0.25) is 0 Å². The second-order valence-electron chi connectivity index (χ2n) is 23.2. The second-order valence-corrected chi connectivity index (χ2v) is 23.2. The normalized spacial score (nSPS) is 11.0. The van der Waals surface area contributed by atoms with E-state index in [1.807, 2.05) is 219 Å². The molecular formula is C80H70Br4N8O8. The number of carbonyl (C=O) groups is 4. The summed E-state index contributed by atoms with van der Waals surface area (Å²) in [6.07, 6.45) is 26.4. The molecule has 2 aliphatic rings. The minimum Gasteiger partial charge on any atom is -1.00 e. The number of aryl methyl sites for hydroxylation is 4. The van der Waals surface area contributed by atoms with Crippen LogP contribution in [0.5, 0.6) is 0 Å². The zero-order valence-corrected chi connectivity index (χ0v) is 60.7. The molecule has 0 atom stereocenters. The molecule has 2 aliphatic heterocycles. The van der Waals surface area contributed by atoms with E-state index in [9.17, 15) is 19.2 Å². The van der Waals surface area contributed by atoms with Crippen LogP contribution in [0.1, 0.15) is 89.9 Å². The number of nitrogens with one attached hydrogen (secondary N) is 2. The summed E-state index contributed by atoms with van der Waals surface area (Å²) in [6.45, 7) is 3.87. The highest BCUT2D eigenvalue weighted by atomic mass is 79.9. The molecule has 0 unspecified atom stereocenters. The molecule has 4 aromatic carbocycles. The maximum absolute atomic E-state index is 13.6. The molecule has 0 fully saturated rings. The molecule has 0 saturated carbocycles. The van der Waals surface area contributed by atoms with Gasteiger partial charge in [0.1, 0.15) is 0 Å². The van der Waals surface area contributed by atoms with Gasteiger partial charge >= 0.3 is 23.9 Å². The summed E-state index contributed by atoms with van der Waals surface area (Å²) < 4.78 is 31.3. The number of aromatic nitrogens is 8. The van der Waals surface area contributed by atoms with Gasteiger partial charge in [-0.05, 0) is 119 Å². The fourth-order valence-electron chi connectivity index (χ4n) is 11.8. The van der Waals surface area contributed by atoms with Crippen LogP contribution in [0.25, 0.3) is 90.9 Å². The maximum Gasteiger partial charge on any atom is 0.338 e. The number of fused-ring (bicyclic) bond motifs is 8. The summed E-state index contributed by atoms with van der Waals surface area (Å²) in [7, 11) is 0. The Kier molecular flexibility index (Phi) is 26.8. The van der Waals surface area contributed by atoms with Crippen LogP contribution in [-0.2, 0) is 45.1 Å². The Bertz CT molecular complexity index is 4230. The molecule has 0 amide bonds. The fraction of sp³-hybridized carbons (Fsp3) is 0.150. The highest BCUT2D eigenvalue weighted by molar-refractivity contribution is 6.01. The number of rotatable bonds is 24. The average Bonchev–Trinajstić information content (AvgIpc) is 1.61. The van der Waals surface area contributed by atoms with Gasteiger partial charge in [0, 0.05) is 119 Å². The van der Waals surface area contributed by atoms with Crippen LogP contribution < -0.4 is 86.2 Å². The Hall–Kier alpha value is -10.1. The molecule has 0 saturated heterocycles. The van der Waals surface area contributed by atoms with E-state index in [2.05, 4.69) is 28.2 Å². The third kappa shape index (κ3) is 18.4. The van der Waals surface area contributed by atoms with Crippen LogP contribution in [-0.4, -0.2) is 70.2 Å². The second kappa shape index (κ2) is 36.1. The number of aromatic amines is 2. The number of H-pyrrole nitrogens is 2. The minimum absolute atomic E-state index is 0. The Balaban J connectivity index is 0.00000292. The monoisotopic (exact) mass is 1590 g/mol. The van der Waals surface area contributed by atoms with Crippen molar-refractivity contribution in [1.29, 1.82) is 0 Å². The number of carbonyl (C=O) groups excluding carboxylic acids is 4. The molecule has 100 heavy (non-hydrogen) atoms. The molecule has 7 aromatic heterocycles. The zero-order valence-electron chi connectivity index (χ0n) is 54.3. The number of benzene rings is 4. The molecule has 20 heteroatoms. The lowest BCUT2D eigenvalue weighted by atomic mass is 10.0. The zero-order chi connectivity index (χ0) is 65.4. The van der Waals surface area contributed by atoms with Crippen LogP contribution in [0.4, 0.5) is 0 Å². The van der Waals surface area contributed by atoms with Gasteiger partial charge in [-0.1, -0.05) is 72.8 Å². The van der Waals surface area contributed by atoms with E-state index in [1.165, 1.54) is 0 Å². The quantitative estimate of drug-likeness (QED) is 0.0390. The van der Waals surface area contributed by atoms with Gasteiger partial charge in [-0.25, -0.2) is 47.4 Å². The van der Waals surface area contributed by atoms with Gasteiger partial charge in [-0.15, -0.1) is 0 Å². The maximum atomic E-state index is 13.6. The van der Waals surface area contributed by atoms with E-state index in [0.717, 1.165) is 66.6 Å². The third-order valence-electron chi connectivity index (χ3n) is 16.7. The predicted molar refractivity (Wildman–Crippen MR) is 367 cm³/mol. The molecule has 0 spiro atoms. The van der Waals surface area contributed by atoms with Gasteiger partial charge in [-0.2, -0.15) is 0 Å². The lowest BCUT2D eigenvalue weighted by Crippen LogP contribution is -3.00. The number of hydrogen-bond donors (Lipinski definition) is 2. The van der Waals surface area contributed by atoms with Crippen LogP contribution in [0, 0.1) is 0 Å². The number of esters is 4. The van der Waals surface area contributed by atoms with E-state index >= 15 is 0 Å². The predicted octanol–water partition coefficient (Wildman–Crippen LogP) is 1.48. The molecule has 2 N–H and O–H groups in total. The molecular weight excluding hydrogens is 1520 g/mol. The SMILES string of the molecule is O=C(OCCC[n+]1ccccc1)c1ccc(-c2c3nc(c(-c4ccc(C(=O)OCCC[n+]5ccccc5)cc4)c4ccc([nH]4)c(-c4ccc(C(=O)OCCC[n+]5ccccc5)cc4)c4nc(c(-c5ccc(C(=O)OCCC[n+]6ccccc6)cc5)c5ccc2[nH]5)C=C4)C=C3)cc1.[Br-].[Br-].[Br-].[Br-]. The number of hydrogen-bond acceptors (Lipinski definition) is 10. The Morgan fingerprint density at radius 1 is 0.280 bits per heavy atom. The molecule has 0 aliphatic carbocycles. The first-order valence-corrected chi connectivity index (χ1v) is 32.3. The lowest BCUT2D eigenvalue weighted by Gasteiger charge is -2.09. The molecule has 13 rings (SSSR count). The molecule has 506 valence electrons. The smallest absolute Gasteiger partial charge is 0.338 e. The van der Waals surface area contributed by atoms with Gasteiger partial charge in [0.05, 0.1) is 71.5 Å². The number of halogens is 4. The fourth-order valence-corrected chi connectivity index (χ4v) is 11.8. The largest absolute Gasteiger partial charge is 1.00 e. The van der Waals surface area contributed by atoms with Crippen LogP contribution in [0.3, 0.4) is 0 Å². The van der Waals surface area contributed by atoms with E-state index in [1.54, 1.807) is 48.5 Å². The Morgan fingerprint density at radius 2 is 0.480 bits per heavy atom.